The topological polar surface area (TPSA) is 79.2 Å². The third kappa shape index (κ3) is 0.969. The molecule has 64 valence electrons. The summed E-state index contributed by atoms with van der Waals surface area (Å²) in [4.78, 5) is 0. The van der Waals surface area contributed by atoms with E-state index in [1.54, 1.807) is 0 Å². The van der Waals surface area contributed by atoms with E-state index < -0.39 is 30.7 Å². The van der Waals surface area contributed by atoms with Crippen LogP contribution < -0.4 is 0 Å². The second kappa shape index (κ2) is 2.40. The highest BCUT2D eigenvalue weighted by Gasteiger charge is 2.48. The van der Waals surface area contributed by atoms with E-state index in [0.29, 0.717) is 0 Å². The maximum Gasteiger partial charge on any atom is 0.186 e. The first-order valence-corrected chi connectivity index (χ1v) is 3.51. The Morgan fingerprint density at radius 3 is 2.45 bits per heavy atom. The van der Waals surface area contributed by atoms with Crippen LogP contribution in [0.2, 0.25) is 0 Å². The summed E-state index contributed by atoms with van der Waals surface area (Å²) in [7, 11) is 0. The van der Waals surface area contributed by atoms with E-state index in [9.17, 15) is 10.2 Å². The zero-order chi connectivity index (χ0) is 8.01. The average Bonchev–Trinajstić information content (AvgIpc) is 2.44. The number of ether oxygens (including phenoxy) is 2. The van der Waals surface area contributed by atoms with Crippen LogP contribution in [0.1, 0.15) is 0 Å². The van der Waals surface area contributed by atoms with Gasteiger partial charge in [0.15, 0.2) is 6.29 Å². The summed E-state index contributed by atoms with van der Waals surface area (Å²) >= 11 is 0. The third-order valence-electron chi connectivity index (χ3n) is 2.09. The molecular formula is C6H10O5. The first-order chi connectivity index (χ1) is 5.20. The van der Waals surface area contributed by atoms with Gasteiger partial charge in [-0.25, -0.2) is 0 Å². The minimum atomic E-state index is -1.15. The van der Waals surface area contributed by atoms with Gasteiger partial charge in [-0.1, -0.05) is 0 Å². The van der Waals surface area contributed by atoms with E-state index in [2.05, 4.69) is 0 Å². The monoisotopic (exact) mass is 162 g/mol. The number of rotatable bonds is 0. The molecule has 5 heteroatoms. The largest absolute Gasteiger partial charge is 0.387 e. The first-order valence-electron chi connectivity index (χ1n) is 3.51. The fourth-order valence-electron chi connectivity index (χ4n) is 1.38. The van der Waals surface area contributed by atoms with Crippen molar-refractivity contribution in [2.45, 2.75) is 30.7 Å². The Balaban J connectivity index is 2.16. The fraction of sp³-hybridized carbons (Fsp3) is 1.00. The molecule has 2 rings (SSSR count). The molecule has 2 fully saturated rings. The predicted molar refractivity (Wildman–Crippen MR) is 32.6 cm³/mol. The lowest BCUT2D eigenvalue weighted by molar-refractivity contribution is -0.228. The van der Waals surface area contributed by atoms with Gasteiger partial charge in [0, 0.05) is 0 Å². The average molecular weight is 162 g/mol. The van der Waals surface area contributed by atoms with Crippen LogP contribution in [0.25, 0.3) is 0 Å². The van der Waals surface area contributed by atoms with E-state index in [4.69, 9.17) is 14.6 Å². The molecule has 0 aliphatic carbocycles. The zero-order valence-corrected chi connectivity index (χ0v) is 5.75. The Labute approximate surface area is 63.2 Å². The van der Waals surface area contributed by atoms with Crippen molar-refractivity contribution in [2.75, 3.05) is 6.61 Å². The molecule has 0 aromatic rings. The van der Waals surface area contributed by atoms with E-state index in [-0.39, 0.29) is 6.61 Å². The molecule has 0 unspecified atom stereocenters. The van der Waals surface area contributed by atoms with Crippen LogP contribution in [0, 0.1) is 0 Å². The van der Waals surface area contributed by atoms with E-state index in [0.717, 1.165) is 0 Å². The summed E-state index contributed by atoms with van der Waals surface area (Å²) in [5, 5.41) is 27.6. The maximum absolute atomic E-state index is 9.22. The maximum atomic E-state index is 9.22. The molecule has 0 aromatic carbocycles. The molecule has 0 radical (unpaired) electrons. The van der Waals surface area contributed by atoms with Crippen LogP contribution in [-0.4, -0.2) is 52.6 Å². The molecule has 0 saturated carbocycles. The van der Waals surface area contributed by atoms with Gasteiger partial charge in [-0.2, -0.15) is 0 Å². The lowest BCUT2D eigenvalue weighted by Crippen LogP contribution is -2.53. The van der Waals surface area contributed by atoms with Crippen LogP contribution in [0.4, 0.5) is 0 Å². The minimum absolute atomic E-state index is 0.236. The van der Waals surface area contributed by atoms with Crippen molar-refractivity contribution >= 4 is 0 Å². The SMILES string of the molecule is O[C@H]1[C@@H](O)[C@@H]2CO[C@@H](O2)[C@@H]1O. The molecule has 2 heterocycles. The first kappa shape index (κ1) is 7.45. The predicted octanol–water partition coefficient (Wildman–Crippen LogP) is -2.18. The number of aliphatic hydroxyl groups excluding tert-OH is 3. The van der Waals surface area contributed by atoms with Gasteiger partial charge in [-0.3, -0.25) is 0 Å². The van der Waals surface area contributed by atoms with E-state index in [1.807, 2.05) is 0 Å². The second-order valence-corrected chi connectivity index (χ2v) is 2.85. The summed E-state index contributed by atoms with van der Waals surface area (Å²) in [5.74, 6) is 0. The Morgan fingerprint density at radius 2 is 1.73 bits per heavy atom. The molecular weight excluding hydrogens is 152 g/mol. The van der Waals surface area contributed by atoms with Crippen molar-refractivity contribution in [3.05, 3.63) is 0 Å². The van der Waals surface area contributed by atoms with Gasteiger partial charge < -0.3 is 24.8 Å². The summed E-state index contributed by atoms with van der Waals surface area (Å²) in [6.45, 7) is 0.236. The zero-order valence-electron chi connectivity index (χ0n) is 5.75. The molecule has 2 aliphatic heterocycles. The molecule has 5 atom stereocenters. The van der Waals surface area contributed by atoms with Crippen LogP contribution in [0.3, 0.4) is 0 Å². The van der Waals surface area contributed by atoms with Gasteiger partial charge in [-0.05, 0) is 0 Å². The van der Waals surface area contributed by atoms with E-state index >= 15 is 0 Å². The van der Waals surface area contributed by atoms with Crippen molar-refractivity contribution in [1.29, 1.82) is 0 Å². The molecule has 2 aliphatic rings. The van der Waals surface area contributed by atoms with Gasteiger partial charge in [0.2, 0.25) is 0 Å². The smallest absolute Gasteiger partial charge is 0.186 e. The molecule has 2 saturated heterocycles. The Hall–Kier alpha value is -0.200. The third-order valence-corrected chi connectivity index (χ3v) is 2.09. The lowest BCUT2D eigenvalue weighted by Gasteiger charge is -2.32. The van der Waals surface area contributed by atoms with Gasteiger partial charge in [0.05, 0.1) is 6.61 Å². The van der Waals surface area contributed by atoms with Crippen molar-refractivity contribution < 1.29 is 24.8 Å². The molecule has 2 bridgehead atoms. The standard InChI is InChI=1S/C6H10O5/c7-3-2-1-10-6(11-2)5(9)4(3)8/h2-9H,1H2/t2-,3-,4-,5+,6-/m0/s1. The molecule has 0 spiro atoms. The van der Waals surface area contributed by atoms with Crippen LogP contribution in [0.5, 0.6) is 0 Å². The highest BCUT2D eigenvalue weighted by Crippen LogP contribution is 2.27. The van der Waals surface area contributed by atoms with Crippen LogP contribution >= 0.6 is 0 Å². The Bertz CT molecular complexity index is 141. The lowest BCUT2D eigenvalue weighted by atomic mass is 10.0. The quantitative estimate of drug-likeness (QED) is 0.377. The summed E-state index contributed by atoms with van der Waals surface area (Å²) in [6, 6.07) is 0. The highest BCUT2D eigenvalue weighted by molar-refractivity contribution is 4.92. The number of hydrogen-bond acceptors (Lipinski definition) is 5. The van der Waals surface area contributed by atoms with Gasteiger partial charge >= 0.3 is 0 Å². The normalized spacial score (nSPS) is 56.5. The number of hydrogen-bond donors (Lipinski definition) is 3. The van der Waals surface area contributed by atoms with Gasteiger partial charge in [0.1, 0.15) is 24.4 Å². The molecule has 5 nitrogen and oxygen atoms in total. The van der Waals surface area contributed by atoms with Crippen LogP contribution in [0.15, 0.2) is 0 Å². The molecule has 0 amide bonds. The molecule has 3 N–H and O–H groups in total. The van der Waals surface area contributed by atoms with Crippen molar-refractivity contribution in [3.63, 3.8) is 0 Å². The minimum Gasteiger partial charge on any atom is -0.387 e. The number of fused-ring (bicyclic) bond motifs is 2. The van der Waals surface area contributed by atoms with Gasteiger partial charge in [-0.15, -0.1) is 0 Å². The van der Waals surface area contributed by atoms with Gasteiger partial charge in [0.25, 0.3) is 0 Å². The van der Waals surface area contributed by atoms with Crippen molar-refractivity contribution in [1.82, 2.24) is 0 Å². The van der Waals surface area contributed by atoms with Crippen molar-refractivity contribution in [3.8, 4) is 0 Å². The summed E-state index contributed by atoms with van der Waals surface area (Å²) in [6.07, 6.45) is -4.58. The molecule has 11 heavy (non-hydrogen) atoms. The van der Waals surface area contributed by atoms with E-state index in [1.165, 1.54) is 0 Å². The summed E-state index contributed by atoms with van der Waals surface area (Å²) in [5.41, 5.74) is 0. The Morgan fingerprint density at radius 1 is 1.00 bits per heavy atom. The second-order valence-electron chi connectivity index (χ2n) is 2.85. The molecule has 0 aromatic heterocycles. The van der Waals surface area contributed by atoms with Crippen molar-refractivity contribution in [2.24, 2.45) is 0 Å². The Kier molecular flexibility index (Phi) is 1.62. The van der Waals surface area contributed by atoms with Crippen LogP contribution in [-0.2, 0) is 9.47 Å². The highest BCUT2D eigenvalue weighted by atomic mass is 16.7. The number of aliphatic hydroxyl groups is 3. The fourth-order valence-corrected chi connectivity index (χ4v) is 1.38. The summed E-state index contributed by atoms with van der Waals surface area (Å²) < 4.78 is 9.95.